The van der Waals surface area contributed by atoms with Crippen LogP contribution in [0.3, 0.4) is 0 Å². The second-order valence-electron chi connectivity index (χ2n) is 6.88. The standard InChI is InChI=1S/C19H33NO2/c1-16-15-17(19(2,3)4)9-10-18(16)22-14-7-6-11-20-12-8-13-21-5/h9-10,15,20H,6-8,11-14H2,1-5H3. The highest BCUT2D eigenvalue weighted by Crippen LogP contribution is 2.27. The third-order valence-corrected chi connectivity index (χ3v) is 3.75. The zero-order valence-corrected chi connectivity index (χ0v) is 15.0. The maximum Gasteiger partial charge on any atom is 0.122 e. The first kappa shape index (κ1) is 19.0. The predicted molar refractivity (Wildman–Crippen MR) is 94.0 cm³/mol. The van der Waals surface area contributed by atoms with Crippen molar-refractivity contribution in [1.82, 2.24) is 5.32 Å². The lowest BCUT2D eigenvalue weighted by molar-refractivity contribution is 0.194. The van der Waals surface area contributed by atoms with Gasteiger partial charge in [-0.1, -0.05) is 32.9 Å². The SMILES string of the molecule is COCCCNCCCCOc1ccc(C(C)(C)C)cc1C. The molecule has 0 heterocycles. The molecule has 1 aromatic carbocycles. The summed E-state index contributed by atoms with van der Waals surface area (Å²) in [6.07, 6.45) is 3.30. The van der Waals surface area contributed by atoms with E-state index in [1.165, 1.54) is 11.1 Å². The number of hydrogen-bond donors (Lipinski definition) is 1. The third kappa shape index (κ3) is 7.28. The number of unbranched alkanes of at least 4 members (excludes halogenated alkanes) is 1. The van der Waals surface area contributed by atoms with Gasteiger partial charge in [0.15, 0.2) is 0 Å². The second kappa shape index (κ2) is 9.86. The molecule has 0 aliphatic rings. The number of methoxy groups -OCH3 is 1. The fourth-order valence-electron chi connectivity index (χ4n) is 2.28. The Balaban J connectivity index is 2.20. The first-order valence-corrected chi connectivity index (χ1v) is 8.38. The summed E-state index contributed by atoms with van der Waals surface area (Å²) in [5, 5.41) is 3.42. The van der Waals surface area contributed by atoms with Crippen LogP contribution in [-0.2, 0) is 10.2 Å². The fourth-order valence-corrected chi connectivity index (χ4v) is 2.28. The number of benzene rings is 1. The average molecular weight is 307 g/mol. The van der Waals surface area contributed by atoms with Crippen molar-refractivity contribution >= 4 is 0 Å². The molecule has 0 radical (unpaired) electrons. The molecule has 0 amide bonds. The Bertz CT molecular complexity index is 424. The number of aryl methyl sites for hydroxylation is 1. The second-order valence-corrected chi connectivity index (χ2v) is 6.88. The van der Waals surface area contributed by atoms with Crippen LogP contribution in [-0.4, -0.2) is 33.4 Å². The maximum atomic E-state index is 5.90. The van der Waals surface area contributed by atoms with E-state index < -0.39 is 0 Å². The molecule has 0 fully saturated rings. The number of ether oxygens (including phenoxy) is 2. The molecule has 0 saturated carbocycles. The lowest BCUT2D eigenvalue weighted by Crippen LogP contribution is -2.18. The molecule has 0 unspecified atom stereocenters. The number of rotatable bonds is 10. The number of nitrogens with one attached hydrogen (secondary N) is 1. The topological polar surface area (TPSA) is 30.5 Å². The minimum atomic E-state index is 0.192. The third-order valence-electron chi connectivity index (χ3n) is 3.75. The molecule has 0 aliphatic carbocycles. The van der Waals surface area contributed by atoms with E-state index in [4.69, 9.17) is 9.47 Å². The minimum Gasteiger partial charge on any atom is -0.493 e. The van der Waals surface area contributed by atoms with Crippen LogP contribution >= 0.6 is 0 Å². The van der Waals surface area contributed by atoms with Gasteiger partial charge in [0.1, 0.15) is 5.75 Å². The van der Waals surface area contributed by atoms with Crippen LogP contribution in [0, 0.1) is 6.92 Å². The Morgan fingerprint density at radius 2 is 1.73 bits per heavy atom. The van der Waals surface area contributed by atoms with E-state index in [9.17, 15) is 0 Å². The van der Waals surface area contributed by atoms with Crippen molar-refractivity contribution in [2.24, 2.45) is 0 Å². The van der Waals surface area contributed by atoms with Crippen molar-refractivity contribution in [3.8, 4) is 5.75 Å². The monoisotopic (exact) mass is 307 g/mol. The highest BCUT2D eigenvalue weighted by molar-refractivity contribution is 5.38. The number of hydrogen-bond acceptors (Lipinski definition) is 3. The van der Waals surface area contributed by atoms with Gasteiger partial charge in [0.25, 0.3) is 0 Å². The molecule has 1 rings (SSSR count). The Labute approximate surface area is 136 Å². The molecule has 0 atom stereocenters. The molecule has 0 saturated heterocycles. The summed E-state index contributed by atoms with van der Waals surface area (Å²) in [4.78, 5) is 0. The van der Waals surface area contributed by atoms with Crippen molar-refractivity contribution < 1.29 is 9.47 Å². The van der Waals surface area contributed by atoms with E-state index in [2.05, 4.69) is 51.2 Å². The van der Waals surface area contributed by atoms with Crippen molar-refractivity contribution in [3.63, 3.8) is 0 Å². The van der Waals surface area contributed by atoms with Gasteiger partial charge in [0, 0.05) is 13.7 Å². The lowest BCUT2D eigenvalue weighted by Gasteiger charge is -2.20. The van der Waals surface area contributed by atoms with Crippen molar-refractivity contribution in [2.45, 2.75) is 52.4 Å². The highest BCUT2D eigenvalue weighted by atomic mass is 16.5. The molecule has 0 aliphatic heterocycles. The van der Waals surface area contributed by atoms with Gasteiger partial charge in [0.2, 0.25) is 0 Å². The van der Waals surface area contributed by atoms with Gasteiger partial charge in [-0.25, -0.2) is 0 Å². The molecule has 126 valence electrons. The maximum absolute atomic E-state index is 5.90. The van der Waals surface area contributed by atoms with E-state index in [1.807, 2.05) is 0 Å². The summed E-state index contributed by atoms with van der Waals surface area (Å²) >= 11 is 0. The minimum absolute atomic E-state index is 0.192. The molecule has 22 heavy (non-hydrogen) atoms. The van der Waals surface area contributed by atoms with E-state index >= 15 is 0 Å². The normalized spacial score (nSPS) is 11.7. The first-order chi connectivity index (χ1) is 10.4. The quantitative estimate of drug-likeness (QED) is 0.661. The Morgan fingerprint density at radius 1 is 1.00 bits per heavy atom. The smallest absolute Gasteiger partial charge is 0.122 e. The summed E-state index contributed by atoms with van der Waals surface area (Å²) in [5.74, 6) is 1.01. The van der Waals surface area contributed by atoms with Crippen LogP contribution < -0.4 is 10.1 Å². The largest absolute Gasteiger partial charge is 0.493 e. The van der Waals surface area contributed by atoms with Gasteiger partial charge < -0.3 is 14.8 Å². The summed E-state index contributed by atoms with van der Waals surface area (Å²) in [7, 11) is 1.74. The Morgan fingerprint density at radius 3 is 2.36 bits per heavy atom. The molecule has 0 spiro atoms. The predicted octanol–water partition coefficient (Wildman–Crippen LogP) is 4.08. The molecule has 3 heteroatoms. The fraction of sp³-hybridized carbons (Fsp3) is 0.684. The Hall–Kier alpha value is -1.06. The molecule has 1 N–H and O–H groups in total. The van der Waals surface area contributed by atoms with Gasteiger partial charge in [-0.15, -0.1) is 0 Å². The van der Waals surface area contributed by atoms with Crippen LogP contribution in [0.1, 0.15) is 51.2 Å². The van der Waals surface area contributed by atoms with E-state index in [0.29, 0.717) is 0 Å². The first-order valence-electron chi connectivity index (χ1n) is 8.38. The van der Waals surface area contributed by atoms with Gasteiger partial charge in [-0.3, -0.25) is 0 Å². The summed E-state index contributed by atoms with van der Waals surface area (Å²) < 4.78 is 10.9. The van der Waals surface area contributed by atoms with Crippen LogP contribution in [0.15, 0.2) is 18.2 Å². The molecule has 1 aromatic rings. The van der Waals surface area contributed by atoms with Crippen LogP contribution in [0.25, 0.3) is 0 Å². The van der Waals surface area contributed by atoms with Crippen molar-refractivity contribution in [2.75, 3.05) is 33.4 Å². The van der Waals surface area contributed by atoms with E-state index in [-0.39, 0.29) is 5.41 Å². The molecule has 0 bridgehead atoms. The summed E-state index contributed by atoms with van der Waals surface area (Å²) in [6.45, 7) is 12.5. The molecule has 0 aromatic heterocycles. The summed E-state index contributed by atoms with van der Waals surface area (Å²) in [5.41, 5.74) is 2.78. The van der Waals surface area contributed by atoms with Crippen LogP contribution in [0.5, 0.6) is 5.75 Å². The molecular weight excluding hydrogens is 274 g/mol. The van der Waals surface area contributed by atoms with Crippen LogP contribution in [0.2, 0.25) is 0 Å². The van der Waals surface area contributed by atoms with Crippen molar-refractivity contribution in [1.29, 1.82) is 0 Å². The van der Waals surface area contributed by atoms with Gasteiger partial charge in [-0.05, 0) is 61.9 Å². The van der Waals surface area contributed by atoms with E-state index in [0.717, 1.165) is 51.3 Å². The Kier molecular flexibility index (Phi) is 8.51. The lowest BCUT2D eigenvalue weighted by atomic mass is 9.86. The average Bonchev–Trinajstić information content (AvgIpc) is 2.46. The van der Waals surface area contributed by atoms with Gasteiger partial charge in [0.05, 0.1) is 6.61 Å². The van der Waals surface area contributed by atoms with Gasteiger partial charge >= 0.3 is 0 Å². The summed E-state index contributed by atoms with van der Waals surface area (Å²) in [6, 6.07) is 6.53. The molecular formula is C19H33NO2. The van der Waals surface area contributed by atoms with Gasteiger partial charge in [-0.2, -0.15) is 0 Å². The highest BCUT2D eigenvalue weighted by Gasteiger charge is 2.14. The van der Waals surface area contributed by atoms with E-state index in [1.54, 1.807) is 7.11 Å². The zero-order valence-electron chi connectivity index (χ0n) is 15.0. The molecule has 3 nitrogen and oxygen atoms in total. The van der Waals surface area contributed by atoms with Crippen molar-refractivity contribution in [3.05, 3.63) is 29.3 Å². The van der Waals surface area contributed by atoms with Crippen LogP contribution in [0.4, 0.5) is 0 Å². The zero-order chi connectivity index (χ0) is 16.4.